The van der Waals surface area contributed by atoms with Crippen LogP contribution in [0.2, 0.25) is 0 Å². The molecule has 0 aliphatic carbocycles. The fourth-order valence-electron chi connectivity index (χ4n) is 2.70. The Morgan fingerprint density at radius 1 is 1.33 bits per heavy atom. The van der Waals surface area contributed by atoms with Crippen molar-refractivity contribution in [1.82, 2.24) is 10.6 Å². The van der Waals surface area contributed by atoms with E-state index in [1.165, 1.54) is 23.3 Å². The summed E-state index contributed by atoms with van der Waals surface area (Å²) in [5, 5.41) is 5.31. The highest BCUT2D eigenvalue weighted by Crippen LogP contribution is 2.21. The average molecular weight is 331 g/mol. The Morgan fingerprint density at radius 3 is 2.96 bits per heavy atom. The van der Waals surface area contributed by atoms with Crippen molar-refractivity contribution in [3.63, 3.8) is 0 Å². The largest absolute Gasteiger partial charge is 0.467 e. The van der Waals surface area contributed by atoms with Crippen LogP contribution in [0.5, 0.6) is 0 Å². The molecule has 3 rings (SSSR count). The minimum Gasteiger partial charge on any atom is -0.467 e. The number of amides is 3. The Labute approximate surface area is 138 Å². The molecule has 2 aromatic rings. The predicted molar refractivity (Wildman–Crippen MR) is 85.9 cm³/mol. The summed E-state index contributed by atoms with van der Waals surface area (Å²) in [6, 6.07) is 8.30. The molecule has 1 aliphatic heterocycles. The van der Waals surface area contributed by atoms with Gasteiger partial charge in [-0.2, -0.15) is 0 Å². The number of nitrogens with one attached hydrogen (secondary N) is 2. The lowest BCUT2D eigenvalue weighted by molar-refractivity contribution is -0.121. The van der Waals surface area contributed by atoms with Gasteiger partial charge >= 0.3 is 6.03 Å². The molecule has 3 amide bonds. The second-order valence-corrected chi connectivity index (χ2v) is 5.57. The Balaban J connectivity index is 1.59. The number of benzene rings is 1. The topological polar surface area (TPSA) is 74.6 Å². The second kappa shape index (κ2) is 7.16. The van der Waals surface area contributed by atoms with Gasteiger partial charge in [-0.3, -0.25) is 4.79 Å². The first-order chi connectivity index (χ1) is 11.6. The molecular formula is C17H18FN3O3. The van der Waals surface area contributed by atoms with Crippen molar-refractivity contribution in [2.75, 3.05) is 11.4 Å². The maximum absolute atomic E-state index is 13.4. The number of anilines is 1. The number of hydrogen-bond acceptors (Lipinski definition) is 3. The van der Waals surface area contributed by atoms with Crippen LogP contribution in [0.3, 0.4) is 0 Å². The summed E-state index contributed by atoms with van der Waals surface area (Å²) >= 11 is 0. The van der Waals surface area contributed by atoms with Gasteiger partial charge in [0.15, 0.2) is 0 Å². The standard InChI is InChI=1S/C17H18FN3O3/c18-12-4-1-5-13(10-12)21-8-2-7-15(16(21)22)20-17(23)19-11-14-6-3-9-24-14/h1,3-6,9-10,15H,2,7-8,11H2,(H2,19,20,23)/t15-/m0/s1. The van der Waals surface area contributed by atoms with E-state index in [4.69, 9.17) is 4.42 Å². The molecule has 1 aromatic heterocycles. The third kappa shape index (κ3) is 3.73. The van der Waals surface area contributed by atoms with Gasteiger partial charge < -0.3 is 20.0 Å². The predicted octanol–water partition coefficient (Wildman–Crippen LogP) is 2.41. The molecule has 1 saturated heterocycles. The second-order valence-electron chi connectivity index (χ2n) is 5.57. The fraction of sp³-hybridized carbons (Fsp3) is 0.294. The molecule has 2 heterocycles. The number of nitrogens with zero attached hydrogens (tertiary/aromatic N) is 1. The van der Waals surface area contributed by atoms with E-state index in [-0.39, 0.29) is 12.5 Å². The van der Waals surface area contributed by atoms with Gasteiger partial charge in [0.05, 0.1) is 12.8 Å². The third-order valence-electron chi connectivity index (χ3n) is 3.87. The number of carbonyl (C=O) groups excluding carboxylic acids is 2. The molecular weight excluding hydrogens is 313 g/mol. The summed E-state index contributed by atoms with van der Waals surface area (Å²) < 4.78 is 18.5. The van der Waals surface area contributed by atoms with Crippen LogP contribution in [-0.4, -0.2) is 24.5 Å². The number of furan rings is 1. The van der Waals surface area contributed by atoms with Crippen molar-refractivity contribution in [1.29, 1.82) is 0 Å². The molecule has 1 aromatic carbocycles. The van der Waals surface area contributed by atoms with Crippen molar-refractivity contribution < 1.29 is 18.4 Å². The molecule has 0 radical (unpaired) electrons. The van der Waals surface area contributed by atoms with E-state index in [1.807, 2.05) is 0 Å². The van der Waals surface area contributed by atoms with E-state index >= 15 is 0 Å². The molecule has 0 spiro atoms. The Hall–Kier alpha value is -2.83. The molecule has 126 valence electrons. The first kappa shape index (κ1) is 16.0. The van der Waals surface area contributed by atoms with Gasteiger partial charge in [0.25, 0.3) is 0 Å². The van der Waals surface area contributed by atoms with Crippen molar-refractivity contribution in [3.05, 3.63) is 54.2 Å². The van der Waals surface area contributed by atoms with Crippen molar-refractivity contribution in [2.45, 2.75) is 25.4 Å². The Kier molecular flexibility index (Phi) is 4.79. The van der Waals surface area contributed by atoms with E-state index in [1.54, 1.807) is 24.3 Å². The quantitative estimate of drug-likeness (QED) is 0.903. The zero-order chi connectivity index (χ0) is 16.9. The van der Waals surface area contributed by atoms with Crippen LogP contribution in [-0.2, 0) is 11.3 Å². The van der Waals surface area contributed by atoms with Crippen LogP contribution in [0.1, 0.15) is 18.6 Å². The van der Waals surface area contributed by atoms with Crippen LogP contribution >= 0.6 is 0 Å². The van der Waals surface area contributed by atoms with E-state index in [0.717, 1.165) is 6.42 Å². The first-order valence-corrected chi connectivity index (χ1v) is 7.77. The van der Waals surface area contributed by atoms with Gasteiger partial charge in [-0.05, 0) is 43.2 Å². The van der Waals surface area contributed by atoms with Gasteiger partial charge in [0.1, 0.15) is 17.6 Å². The Morgan fingerprint density at radius 2 is 2.21 bits per heavy atom. The van der Waals surface area contributed by atoms with Gasteiger partial charge in [-0.1, -0.05) is 6.07 Å². The summed E-state index contributed by atoms with van der Waals surface area (Å²) in [6.07, 6.45) is 2.81. The van der Waals surface area contributed by atoms with Crippen LogP contribution in [0, 0.1) is 5.82 Å². The average Bonchev–Trinajstić information content (AvgIpc) is 3.08. The van der Waals surface area contributed by atoms with Gasteiger partial charge in [-0.25, -0.2) is 9.18 Å². The summed E-state index contributed by atoms with van der Waals surface area (Å²) in [7, 11) is 0. The van der Waals surface area contributed by atoms with Crippen LogP contribution in [0.25, 0.3) is 0 Å². The van der Waals surface area contributed by atoms with Crippen molar-refractivity contribution >= 4 is 17.6 Å². The lowest BCUT2D eigenvalue weighted by Crippen LogP contribution is -2.54. The number of rotatable bonds is 4. The molecule has 2 N–H and O–H groups in total. The van der Waals surface area contributed by atoms with Crippen molar-refractivity contribution in [2.24, 2.45) is 0 Å². The Bertz CT molecular complexity index is 718. The third-order valence-corrected chi connectivity index (χ3v) is 3.87. The van der Waals surface area contributed by atoms with Crippen molar-refractivity contribution in [3.8, 4) is 0 Å². The fourth-order valence-corrected chi connectivity index (χ4v) is 2.70. The lowest BCUT2D eigenvalue weighted by atomic mass is 10.0. The minimum atomic E-state index is -0.626. The SMILES string of the molecule is O=C(NCc1ccco1)N[C@H]1CCCN(c2cccc(F)c2)C1=O. The molecule has 24 heavy (non-hydrogen) atoms. The molecule has 1 atom stereocenters. The number of urea groups is 1. The summed E-state index contributed by atoms with van der Waals surface area (Å²) in [6.45, 7) is 0.752. The molecule has 1 aliphatic rings. The van der Waals surface area contributed by atoms with E-state index in [2.05, 4.69) is 10.6 Å². The van der Waals surface area contributed by atoms with Crippen LogP contribution < -0.4 is 15.5 Å². The maximum Gasteiger partial charge on any atom is 0.315 e. The highest BCUT2D eigenvalue weighted by atomic mass is 19.1. The molecule has 0 bridgehead atoms. The molecule has 1 fully saturated rings. The molecule has 7 heteroatoms. The molecule has 6 nitrogen and oxygen atoms in total. The summed E-state index contributed by atoms with van der Waals surface area (Å²) in [5.41, 5.74) is 0.502. The van der Waals surface area contributed by atoms with Gasteiger partial charge in [0, 0.05) is 12.2 Å². The maximum atomic E-state index is 13.4. The van der Waals surface area contributed by atoms with Crippen LogP contribution in [0.4, 0.5) is 14.9 Å². The number of halogens is 1. The van der Waals surface area contributed by atoms with Crippen LogP contribution in [0.15, 0.2) is 47.1 Å². The lowest BCUT2D eigenvalue weighted by Gasteiger charge is -2.32. The van der Waals surface area contributed by atoms with Gasteiger partial charge in [0.2, 0.25) is 5.91 Å². The van der Waals surface area contributed by atoms with E-state index in [0.29, 0.717) is 24.4 Å². The summed E-state index contributed by atoms with van der Waals surface area (Å²) in [5.74, 6) is -0.00641. The molecule has 0 saturated carbocycles. The zero-order valence-corrected chi connectivity index (χ0v) is 13.0. The van der Waals surface area contributed by atoms with E-state index < -0.39 is 17.9 Å². The number of piperidine rings is 1. The first-order valence-electron chi connectivity index (χ1n) is 7.77. The normalized spacial score (nSPS) is 17.6. The van der Waals surface area contributed by atoms with Gasteiger partial charge in [-0.15, -0.1) is 0 Å². The highest BCUT2D eigenvalue weighted by molar-refractivity contribution is 5.99. The minimum absolute atomic E-state index is 0.236. The smallest absolute Gasteiger partial charge is 0.315 e. The number of hydrogen-bond donors (Lipinski definition) is 2. The number of carbonyl (C=O) groups is 2. The molecule has 0 unspecified atom stereocenters. The zero-order valence-electron chi connectivity index (χ0n) is 13.0. The van der Waals surface area contributed by atoms with E-state index in [9.17, 15) is 14.0 Å². The highest BCUT2D eigenvalue weighted by Gasteiger charge is 2.30. The monoisotopic (exact) mass is 331 g/mol. The summed E-state index contributed by atoms with van der Waals surface area (Å²) in [4.78, 5) is 26.0.